The summed E-state index contributed by atoms with van der Waals surface area (Å²) in [5, 5.41) is 3.63. The molecule has 3 unspecified atom stereocenters. The van der Waals surface area contributed by atoms with Gasteiger partial charge in [-0.15, -0.1) is 0 Å². The van der Waals surface area contributed by atoms with Crippen LogP contribution in [0.1, 0.15) is 26.7 Å². The van der Waals surface area contributed by atoms with Gasteiger partial charge in [-0.05, 0) is 32.2 Å². The van der Waals surface area contributed by atoms with E-state index in [1.165, 1.54) is 25.9 Å². The average Bonchev–Trinajstić information content (AvgIpc) is 2.17. The number of hydrogen-bond donors (Lipinski definition) is 1. The van der Waals surface area contributed by atoms with Crippen molar-refractivity contribution in [3.63, 3.8) is 0 Å². The van der Waals surface area contributed by atoms with E-state index in [9.17, 15) is 0 Å². The summed E-state index contributed by atoms with van der Waals surface area (Å²) in [7, 11) is 0. The van der Waals surface area contributed by atoms with Gasteiger partial charge in [-0.1, -0.05) is 6.92 Å². The third kappa shape index (κ3) is 3.44. The SMILES string of the molecule is CC1CCNC(CN2CCOC(C)C2)C1. The molecular weight excluding hydrogens is 188 g/mol. The number of hydrogen-bond acceptors (Lipinski definition) is 3. The zero-order valence-corrected chi connectivity index (χ0v) is 10.0. The summed E-state index contributed by atoms with van der Waals surface area (Å²) < 4.78 is 5.56. The van der Waals surface area contributed by atoms with Gasteiger partial charge in [0, 0.05) is 25.7 Å². The summed E-state index contributed by atoms with van der Waals surface area (Å²) in [6.07, 6.45) is 3.10. The molecule has 3 heteroatoms. The molecule has 2 aliphatic rings. The van der Waals surface area contributed by atoms with Gasteiger partial charge in [0.25, 0.3) is 0 Å². The van der Waals surface area contributed by atoms with Crippen LogP contribution in [0.15, 0.2) is 0 Å². The number of morpholine rings is 1. The van der Waals surface area contributed by atoms with E-state index in [1.807, 2.05) is 0 Å². The quantitative estimate of drug-likeness (QED) is 0.742. The Morgan fingerprint density at radius 2 is 2.27 bits per heavy atom. The molecule has 0 aromatic heterocycles. The van der Waals surface area contributed by atoms with Crippen LogP contribution >= 0.6 is 0 Å². The standard InChI is InChI=1S/C12H24N2O/c1-10-3-4-13-12(7-10)9-14-5-6-15-11(2)8-14/h10-13H,3-9H2,1-2H3. The highest BCUT2D eigenvalue weighted by Crippen LogP contribution is 2.16. The number of piperidine rings is 1. The molecule has 2 heterocycles. The Bertz CT molecular complexity index is 178. The molecule has 15 heavy (non-hydrogen) atoms. The topological polar surface area (TPSA) is 24.5 Å². The molecule has 1 N–H and O–H groups in total. The summed E-state index contributed by atoms with van der Waals surface area (Å²) in [5.41, 5.74) is 0. The van der Waals surface area contributed by atoms with E-state index in [2.05, 4.69) is 24.1 Å². The van der Waals surface area contributed by atoms with Crippen LogP contribution in [0, 0.1) is 5.92 Å². The predicted molar refractivity (Wildman–Crippen MR) is 62.0 cm³/mol. The molecule has 3 nitrogen and oxygen atoms in total. The highest BCUT2D eigenvalue weighted by molar-refractivity contribution is 4.81. The average molecular weight is 212 g/mol. The Labute approximate surface area is 93.2 Å². The molecule has 2 rings (SSSR count). The minimum Gasteiger partial charge on any atom is -0.376 e. The maximum absolute atomic E-state index is 5.56. The summed E-state index contributed by atoms with van der Waals surface area (Å²) in [5.74, 6) is 0.898. The van der Waals surface area contributed by atoms with Crippen LogP contribution in [0.5, 0.6) is 0 Å². The van der Waals surface area contributed by atoms with Crippen molar-refractivity contribution in [3.8, 4) is 0 Å². The fourth-order valence-corrected chi connectivity index (χ4v) is 2.73. The van der Waals surface area contributed by atoms with Gasteiger partial charge in [0.2, 0.25) is 0 Å². The minimum atomic E-state index is 0.416. The fourth-order valence-electron chi connectivity index (χ4n) is 2.73. The van der Waals surface area contributed by atoms with Crippen LogP contribution in [-0.2, 0) is 4.74 Å². The summed E-state index contributed by atoms with van der Waals surface area (Å²) in [4.78, 5) is 2.55. The van der Waals surface area contributed by atoms with Crippen LogP contribution in [-0.4, -0.2) is 49.8 Å². The molecule has 0 amide bonds. The molecule has 2 aliphatic heterocycles. The molecular formula is C12H24N2O. The van der Waals surface area contributed by atoms with Gasteiger partial charge in [0.1, 0.15) is 0 Å². The molecule has 0 aromatic carbocycles. The van der Waals surface area contributed by atoms with Gasteiger partial charge in [-0.3, -0.25) is 4.90 Å². The third-order valence-corrected chi connectivity index (χ3v) is 3.56. The van der Waals surface area contributed by atoms with Crippen LogP contribution in [0.3, 0.4) is 0 Å². The van der Waals surface area contributed by atoms with Crippen molar-refractivity contribution in [2.75, 3.05) is 32.8 Å². The Balaban J connectivity index is 1.75. The van der Waals surface area contributed by atoms with Crippen molar-refractivity contribution in [1.29, 1.82) is 0 Å². The van der Waals surface area contributed by atoms with Crippen LogP contribution in [0.2, 0.25) is 0 Å². The number of ether oxygens (including phenoxy) is 1. The molecule has 3 atom stereocenters. The smallest absolute Gasteiger partial charge is 0.0674 e. The summed E-state index contributed by atoms with van der Waals surface area (Å²) in [6.45, 7) is 10.1. The van der Waals surface area contributed by atoms with Crippen molar-refractivity contribution in [2.24, 2.45) is 5.92 Å². The van der Waals surface area contributed by atoms with E-state index >= 15 is 0 Å². The normalized spacial score (nSPS) is 39.2. The second kappa shape index (κ2) is 5.28. The lowest BCUT2D eigenvalue weighted by molar-refractivity contribution is -0.0223. The maximum atomic E-state index is 5.56. The molecule has 2 saturated heterocycles. The first-order valence-electron chi connectivity index (χ1n) is 6.31. The fraction of sp³-hybridized carbons (Fsp3) is 1.00. The lowest BCUT2D eigenvalue weighted by Crippen LogP contribution is -2.50. The lowest BCUT2D eigenvalue weighted by Gasteiger charge is -2.36. The minimum absolute atomic E-state index is 0.416. The van der Waals surface area contributed by atoms with Gasteiger partial charge >= 0.3 is 0 Å². The van der Waals surface area contributed by atoms with Crippen molar-refractivity contribution < 1.29 is 4.74 Å². The summed E-state index contributed by atoms with van der Waals surface area (Å²) >= 11 is 0. The van der Waals surface area contributed by atoms with E-state index < -0.39 is 0 Å². The molecule has 0 spiro atoms. The van der Waals surface area contributed by atoms with Gasteiger partial charge in [0.15, 0.2) is 0 Å². The molecule has 88 valence electrons. The van der Waals surface area contributed by atoms with Crippen molar-refractivity contribution in [2.45, 2.75) is 38.8 Å². The molecule has 2 fully saturated rings. The first-order chi connectivity index (χ1) is 7.24. The van der Waals surface area contributed by atoms with E-state index in [4.69, 9.17) is 4.74 Å². The highest BCUT2D eigenvalue weighted by Gasteiger charge is 2.23. The second-order valence-electron chi connectivity index (χ2n) is 5.22. The van der Waals surface area contributed by atoms with Gasteiger partial charge in [0.05, 0.1) is 12.7 Å². The Morgan fingerprint density at radius 3 is 3.00 bits per heavy atom. The van der Waals surface area contributed by atoms with Crippen LogP contribution < -0.4 is 5.32 Å². The van der Waals surface area contributed by atoms with Gasteiger partial charge in [-0.2, -0.15) is 0 Å². The van der Waals surface area contributed by atoms with E-state index in [-0.39, 0.29) is 0 Å². The van der Waals surface area contributed by atoms with Gasteiger partial charge in [-0.25, -0.2) is 0 Å². The van der Waals surface area contributed by atoms with Gasteiger partial charge < -0.3 is 10.1 Å². The van der Waals surface area contributed by atoms with E-state index in [1.54, 1.807) is 0 Å². The molecule has 0 aliphatic carbocycles. The summed E-state index contributed by atoms with van der Waals surface area (Å²) in [6, 6.07) is 0.707. The van der Waals surface area contributed by atoms with Crippen LogP contribution in [0.25, 0.3) is 0 Å². The number of nitrogens with one attached hydrogen (secondary N) is 1. The van der Waals surface area contributed by atoms with Crippen LogP contribution in [0.4, 0.5) is 0 Å². The molecule has 0 saturated carbocycles. The Hall–Kier alpha value is -0.120. The van der Waals surface area contributed by atoms with Crippen molar-refractivity contribution >= 4 is 0 Å². The predicted octanol–water partition coefficient (Wildman–Crippen LogP) is 1.10. The lowest BCUT2D eigenvalue weighted by atomic mass is 9.94. The molecule has 0 aromatic rings. The van der Waals surface area contributed by atoms with Crippen molar-refractivity contribution in [1.82, 2.24) is 10.2 Å². The molecule has 0 radical (unpaired) electrons. The zero-order chi connectivity index (χ0) is 10.7. The first-order valence-corrected chi connectivity index (χ1v) is 6.31. The van der Waals surface area contributed by atoms with E-state index in [0.717, 1.165) is 25.6 Å². The largest absolute Gasteiger partial charge is 0.376 e. The highest BCUT2D eigenvalue weighted by atomic mass is 16.5. The third-order valence-electron chi connectivity index (χ3n) is 3.56. The first kappa shape index (κ1) is 11.4. The Morgan fingerprint density at radius 1 is 1.40 bits per heavy atom. The second-order valence-corrected chi connectivity index (χ2v) is 5.22. The maximum Gasteiger partial charge on any atom is 0.0674 e. The Kier molecular flexibility index (Phi) is 4.00. The molecule has 0 bridgehead atoms. The van der Waals surface area contributed by atoms with Crippen molar-refractivity contribution in [3.05, 3.63) is 0 Å². The number of nitrogens with zero attached hydrogens (tertiary/aromatic N) is 1. The number of rotatable bonds is 2. The van der Waals surface area contributed by atoms with E-state index in [0.29, 0.717) is 12.1 Å². The monoisotopic (exact) mass is 212 g/mol. The zero-order valence-electron chi connectivity index (χ0n) is 10.0.